The molecular weight excluding hydrogens is 226 g/mol. The maximum Gasteiger partial charge on any atom is 0.239 e. The van der Waals surface area contributed by atoms with Gasteiger partial charge in [0.2, 0.25) is 5.91 Å². The lowest BCUT2D eigenvalue weighted by atomic mass is 10.0. The van der Waals surface area contributed by atoms with Crippen molar-refractivity contribution in [2.45, 2.75) is 51.1 Å². The standard InChI is InChI=1S/C14H27N3O/c1-3-8-16-9-5-7-13(16)14(18)17-10-4-6-12(11-17)15-2/h12-13,15H,3-11H2,1-2H3/t12-,13+/m0/s1. The highest BCUT2D eigenvalue weighted by molar-refractivity contribution is 5.82. The molecule has 1 amide bonds. The zero-order valence-electron chi connectivity index (χ0n) is 11.8. The van der Waals surface area contributed by atoms with Gasteiger partial charge in [-0.05, 0) is 52.2 Å². The van der Waals surface area contributed by atoms with Crippen LogP contribution in [0.1, 0.15) is 39.0 Å². The van der Waals surface area contributed by atoms with Gasteiger partial charge in [-0.15, -0.1) is 0 Å². The molecule has 0 unspecified atom stereocenters. The van der Waals surface area contributed by atoms with E-state index in [4.69, 9.17) is 0 Å². The minimum absolute atomic E-state index is 0.167. The van der Waals surface area contributed by atoms with Gasteiger partial charge in [0.15, 0.2) is 0 Å². The number of carbonyl (C=O) groups excluding carboxylic acids is 1. The number of likely N-dealkylation sites (N-methyl/N-ethyl adjacent to an activating group) is 1. The fourth-order valence-electron chi connectivity index (χ4n) is 3.28. The monoisotopic (exact) mass is 253 g/mol. The maximum absolute atomic E-state index is 12.6. The lowest BCUT2D eigenvalue weighted by molar-refractivity contribution is -0.137. The van der Waals surface area contributed by atoms with E-state index in [2.05, 4.69) is 22.0 Å². The van der Waals surface area contributed by atoms with Gasteiger partial charge in [-0.3, -0.25) is 9.69 Å². The Labute approximate surface area is 111 Å². The average molecular weight is 253 g/mol. The summed E-state index contributed by atoms with van der Waals surface area (Å²) < 4.78 is 0. The molecule has 0 spiro atoms. The number of nitrogens with one attached hydrogen (secondary N) is 1. The zero-order chi connectivity index (χ0) is 13.0. The predicted molar refractivity (Wildman–Crippen MR) is 73.5 cm³/mol. The van der Waals surface area contributed by atoms with Crippen molar-refractivity contribution < 1.29 is 4.79 Å². The molecule has 0 radical (unpaired) electrons. The summed E-state index contributed by atoms with van der Waals surface area (Å²) in [6, 6.07) is 0.657. The van der Waals surface area contributed by atoms with E-state index in [0.717, 1.165) is 45.4 Å². The molecular formula is C14H27N3O. The van der Waals surface area contributed by atoms with E-state index in [1.807, 2.05) is 7.05 Å². The van der Waals surface area contributed by atoms with Crippen molar-refractivity contribution in [3.05, 3.63) is 0 Å². The largest absolute Gasteiger partial charge is 0.340 e. The van der Waals surface area contributed by atoms with Crippen molar-refractivity contribution in [3.8, 4) is 0 Å². The fourth-order valence-corrected chi connectivity index (χ4v) is 3.28. The minimum Gasteiger partial charge on any atom is -0.340 e. The van der Waals surface area contributed by atoms with E-state index < -0.39 is 0 Å². The first-order valence-electron chi connectivity index (χ1n) is 7.46. The van der Waals surface area contributed by atoms with Gasteiger partial charge in [0.1, 0.15) is 0 Å². The second-order valence-electron chi connectivity index (χ2n) is 5.61. The van der Waals surface area contributed by atoms with Gasteiger partial charge in [-0.25, -0.2) is 0 Å². The molecule has 0 bridgehead atoms. The second kappa shape index (κ2) is 6.53. The van der Waals surface area contributed by atoms with E-state index in [1.54, 1.807) is 0 Å². The summed E-state index contributed by atoms with van der Waals surface area (Å²) >= 11 is 0. The van der Waals surface area contributed by atoms with Crippen molar-refractivity contribution in [2.75, 3.05) is 33.2 Å². The quantitative estimate of drug-likeness (QED) is 0.814. The molecule has 0 aromatic rings. The van der Waals surface area contributed by atoms with Crippen LogP contribution in [0.25, 0.3) is 0 Å². The first kappa shape index (κ1) is 13.8. The Bertz CT molecular complexity index is 282. The van der Waals surface area contributed by atoms with E-state index in [9.17, 15) is 4.79 Å². The van der Waals surface area contributed by atoms with Crippen molar-refractivity contribution in [1.29, 1.82) is 0 Å². The number of rotatable bonds is 4. The van der Waals surface area contributed by atoms with Crippen LogP contribution in [0.4, 0.5) is 0 Å². The molecule has 104 valence electrons. The van der Waals surface area contributed by atoms with Gasteiger partial charge >= 0.3 is 0 Å². The summed E-state index contributed by atoms with van der Waals surface area (Å²) in [5.41, 5.74) is 0. The normalized spacial score (nSPS) is 29.8. The van der Waals surface area contributed by atoms with E-state index in [0.29, 0.717) is 11.9 Å². The van der Waals surface area contributed by atoms with Crippen molar-refractivity contribution in [1.82, 2.24) is 15.1 Å². The molecule has 4 heteroatoms. The molecule has 0 aliphatic carbocycles. The van der Waals surface area contributed by atoms with Crippen LogP contribution in [-0.4, -0.2) is 61.0 Å². The van der Waals surface area contributed by atoms with Gasteiger partial charge in [0, 0.05) is 19.1 Å². The van der Waals surface area contributed by atoms with E-state index in [-0.39, 0.29) is 6.04 Å². The van der Waals surface area contributed by atoms with Crippen LogP contribution in [0, 0.1) is 0 Å². The third-order valence-electron chi connectivity index (χ3n) is 4.30. The molecule has 18 heavy (non-hydrogen) atoms. The fraction of sp³-hybridized carbons (Fsp3) is 0.929. The molecule has 2 atom stereocenters. The molecule has 2 aliphatic heterocycles. The predicted octanol–water partition coefficient (Wildman–Crippen LogP) is 1.07. The molecule has 4 nitrogen and oxygen atoms in total. The van der Waals surface area contributed by atoms with Gasteiger partial charge < -0.3 is 10.2 Å². The summed E-state index contributed by atoms with van der Waals surface area (Å²) in [5.74, 6) is 0.376. The first-order valence-corrected chi connectivity index (χ1v) is 7.46. The van der Waals surface area contributed by atoms with Crippen LogP contribution < -0.4 is 5.32 Å². The number of piperidine rings is 1. The summed E-state index contributed by atoms with van der Waals surface area (Å²) in [5, 5.41) is 3.31. The summed E-state index contributed by atoms with van der Waals surface area (Å²) in [6.07, 6.45) is 5.71. The lowest BCUT2D eigenvalue weighted by Crippen LogP contribution is -2.52. The zero-order valence-corrected chi connectivity index (χ0v) is 11.8. The van der Waals surface area contributed by atoms with Crippen LogP contribution in [0.15, 0.2) is 0 Å². The van der Waals surface area contributed by atoms with Crippen molar-refractivity contribution in [2.24, 2.45) is 0 Å². The lowest BCUT2D eigenvalue weighted by Gasteiger charge is -2.36. The average Bonchev–Trinajstić information content (AvgIpc) is 2.86. The Hall–Kier alpha value is -0.610. The Morgan fingerprint density at radius 1 is 1.28 bits per heavy atom. The third-order valence-corrected chi connectivity index (χ3v) is 4.30. The van der Waals surface area contributed by atoms with Gasteiger partial charge in [-0.2, -0.15) is 0 Å². The smallest absolute Gasteiger partial charge is 0.239 e. The molecule has 0 saturated carbocycles. The number of likely N-dealkylation sites (tertiary alicyclic amines) is 2. The topological polar surface area (TPSA) is 35.6 Å². The number of hydrogen-bond acceptors (Lipinski definition) is 3. The van der Waals surface area contributed by atoms with Crippen LogP contribution in [-0.2, 0) is 4.79 Å². The SMILES string of the molecule is CCCN1CCC[C@@H]1C(=O)N1CCC[C@H](NC)C1. The highest BCUT2D eigenvalue weighted by Gasteiger charge is 2.34. The molecule has 2 heterocycles. The van der Waals surface area contributed by atoms with Crippen molar-refractivity contribution in [3.63, 3.8) is 0 Å². The number of carbonyl (C=O) groups is 1. The number of amides is 1. The Morgan fingerprint density at radius 3 is 2.78 bits per heavy atom. The molecule has 2 rings (SSSR count). The molecule has 2 fully saturated rings. The van der Waals surface area contributed by atoms with Crippen LogP contribution in [0.3, 0.4) is 0 Å². The van der Waals surface area contributed by atoms with E-state index >= 15 is 0 Å². The third kappa shape index (κ3) is 3.04. The first-order chi connectivity index (χ1) is 8.76. The number of hydrogen-bond donors (Lipinski definition) is 1. The molecule has 0 aromatic heterocycles. The molecule has 2 aliphatic rings. The Kier molecular flexibility index (Phi) is 5.01. The molecule has 1 N–H and O–H groups in total. The minimum atomic E-state index is 0.167. The van der Waals surface area contributed by atoms with Crippen LogP contribution in [0.5, 0.6) is 0 Å². The van der Waals surface area contributed by atoms with E-state index in [1.165, 1.54) is 12.8 Å². The highest BCUT2D eigenvalue weighted by Crippen LogP contribution is 2.21. The summed E-state index contributed by atoms with van der Waals surface area (Å²) in [6.45, 7) is 6.21. The Balaban J connectivity index is 1.93. The molecule has 0 aromatic carbocycles. The maximum atomic E-state index is 12.6. The van der Waals surface area contributed by atoms with Crippen LogP contribution in [0.2, 0.25) is 0 Å². The second-order valence-corrected chi connectivity index (χ2v) is 5.61. The Morgan fingerprint density at radius 2 is 2.06 bits per heavy atom. The summed E-state index contributed by atoms with van der Waals surface area (Å²) in [4.78, 5) is 17.1. The highest BCUT2D eigenvalue weighted by atomic mass is 16.2. The number of nitrogens with zero attached hydrogens (tertiary/aromatic N) is 2. The van der Waals surface area contributed by atoms with Gasteiger partial charge in [0.25, 0.3) is 0 Å². The summed E-state index contributed by atoms with van der Waals surface area (Å²) in [7, 11) is 2.00. The van der Waals surface area contributed by atoms with Gasteiger partial charge in [-0.1, -0.05) is 6.92 Å². The molecule has 2 saturated heterocycles. The van der Waals surface area contributed by atoms with Crippen LogP contribution >= 0.6 is 0 Å². The van der Waals surface area contributed by atoms with Gasteiger partial charge in [0.05, 0.1) is 6.04 Å². The van der Waals surface area contributed by atoms with Crippen molar-refractivity contribution >= 4 is 5.91 Å².